The zero-order valence-corrected chi connectivity index (χ0v) is 9.36. The minimum atomic E-state index is 0.305. The first kappa shape index (κ1) is 9.86. The summed E-state index contributed by atoms with van der Waals surface area (Å²) >= 11 is 0. The van der Waals surface area contributed by atoms with Gasteiger partial charge in [0.2, 0.25) is 0 Å². The van der Waals surface area contributed by atoms with E-state index >= 15 is 0 Å². The fourth-order valence-electron chi connectivity index (χ4n) is 2.52. The molecule has 1 heteroatoms. The second kappa shape index (κ2) is 4.26. The molecule has 1 heterocycles. The second-order valence-corrected chi connectivity index (χ2v) is 4.42. The summed E-state index contributed by atoms with van der Waals surface area (Å²) in [5.74, 6) is 0. The lowest BCUT2D eigenvalue weighted by Crippen LogP contribution is -2.11. The number of hydrogen-bond acceptors (Lipinski definition) is 1. The minimum Gasteiger partial charge on any atom is -0.374 e. The Hall–Kier alpha value is -1.34. The normalized spacial score (nSPS) is 21.1. The van der Waals surface area contributed by atoms with Gasteiger partial charge in [-0.3, -0.25) is 0 Å². The van der Waals surface area contributed by atoms with Crippen LogP contribution in [0, 0.1) is 0 Å². The third kappa shape index (κ3) is 1.72. The predicted octanol–water partition coefficient (Wildman–Crippen LogP) is 4.08. The van der Waals surface area contributed by atoms with Crippen LogP contribution in [0.5, 0.6) is 0 Å². The molecule has 2 aromatic rings. The van der Waals surface area contributed by atoms with Crippen LogP contribution in [-0.4, -0.2) is 6.61 Å². The van der Waals surface area contributed by atoms with Gasteiger partial charge in [0.25, 0.3) is 0 Å². The number of benzene rings is 2. The maximum absolute atomic E-state index is 5.87. The zero-order chi connectivity index (χ0) is 10.8. The maximum Gasteiger partial charge on any atom is 0.0830 e. The Morgan fingerprint density at radius 2 is 1.81 bits per heavy atom. The topological polar surface area (TPSA) is 9.23 Å². The van der Waals surface area contributed by atoms with Gasteiger partial charge < -0.3 is 4.74 Å². The van der Waals surface area contributed by atoms with Crippen molar-refractivity contribution in [1.82, 2.24) is 0 Å². The molecule has 1 saturated heterocycles. The van der Waals surface area contributed by atoms with Crippen LogP contribution in [0.1, 0.15) is 30.9 Å². The van der Waals surface area contributed by atoms with Crippen molar-refractivity contribution >= 4 is 10.8 Å². The van der Waals surface area contributed by atoms with E-state index in [0.29, 0.717) is 6.10 Å². The first-order valence-electron chi connectivity index (χ1n) is 6.04. The molecule has 0 saturated carbocycles. The molecule has 1 aliphatic rings. The van der Waals surface area contributed by atoms with Crippen LogP contribution in [0.3, 0.4) is 0 Å². The van der Waals surface area contributed by atoms with Crippen molar-refractivity contribution in [2.75, 3.05) is 6.61 Å². The van der Waals surface area contributed by atoms with E-state index in [9.17, 15) is 0 Å². The zero-order valence-electron chi connectivity index (χ0n) is 9.36. The first-order valence-corrected chi connectivity index (χ1v) is 6.04. The van der Waals surface area contributed by atoms with E-state index in [1.54, 1.807) is 0 Å². The maximum atomic E-state index is 5.87. The highest BCUT2D eigenvalue weighted by Gasteiger charge is 2.17. The number of hydrogen-bond donors (Lipinski definition) is 0. The minimum absolute atomic E-state index is 0.305. The van der Waals surface area contributed by atoms with E-state index in [2.05, 4.69) is 42.5 Å². The summed E-state index contributed by atoms with van der Waals surface area (Å²) < 4.78 is 5.87. The quantitative estimate of drug-likeness (QED) is 0.692. The summed E-state index contributed by atoms with van der Waals surface area (Å²) in [6.07, 6.45) is 3.96. The third-order valence-corrected chi connectivity index (χ3v) is 3.35. The van der Waals surface area contributed by atoms with Crippen molar-refractivity contribution in [2.24, 2.45) is 0 Å². The SMILES string of the molecule is c1ccc2c(C3CCCCO3)cccc2c1. The smallest absolute Gasteiger partial charge is 0.0830 e. The van der Waals surface area contributed by atoms with Crippen molar-refractivity contribution in [3.05, 3.63) is 48.0 Å². The van der Waals surface area contributed by atoms with Gasteiger partial charge in [0.1, 0.15) is 0 Å². The standard InChI is InChI=1S/C15H16O/c1-2-8-13-12(6-1)7-5-9-14(13)15-10-3-4-11-16-15/h1-2,5-9,15H,3-4,10-11H2. The van der Waals surface area contributed by atoms with E-state index in [1.807, 2.05) is 0 Å². The van der Waals surface area contributed by atoms with Gasteiger partial charge in [-0.05, 0) is 35.6 Å². The monoisotopic (exact) mass is 212 g/mol. The molecule has 1 atom stereocenters. The van der Waals surface area contributed by atoms with E-state index < -0.39 is 0 Å². The fraction of sp³-hybridized carbons (Fsp3) is 0.333. The molecule has 1 unspecified atom stereocenters. The molecule has 1 nitrogen and oxygen atoms in total. The van der Waals surface area contributed by atoms with Gasteiger partial charge in [0.05, 0.1) is 6.10 Å². The highest BCUT2D eigenvalue weighted by molar-refractivity contribution is 5.85. The van der Waals surface area contributed by atoms with Crippen LogP contribution in [-0.2, 0) is 4.74 Å². The lowest BCUT2D eigenvalue weighted by Gasteiger charge is -2.24. The van der Waals surface area contributed by atoms with Gasteiger partial charge in [-0.1, -0.05) is 42.5 Å². The molecule has 1 aliphatic heterocycles. The van der Waals surface area contributed by atoms with Crippen molar-refractivity contribution in [3.8, 4) is 0 Å². The highest BCUT2D eigenvalue weighted by Crippen LogP contribution is 2.32. The van der Waals surface area contributed by atoms with E-state index in [1.165, 1.54) is 29.2 Å². The average Bonchev–Trinajstić information content (AvgIpc) is 2.39. The van der Waals surface area contributed by atoms with Crippen molar-refractivity contribution in [2.45, 2.75) is 25.4 Å². The largest absolute Gasteiger partial charge is 0.374 e. The second-order valence-electron chi connectivity index (χ2n) is 4.42. The molecular weight excluding hydrogens is 196 g/mol. The Morgan fingerprint density at radius 1 is 0.938 bits per heavy atom. The van der Waals surface area contributed by atoms with Crippen LogP contribution in [0.4, 0.5) is 0 Å². The van der Waals surface area contributed by atoms with Gasteiger partial charge in [0, 0.05) is 6.61 Å². The molecule has 1 fully saturated rings. The van der Waals surface area contributed by atoms with Crippen molar-refractivity contribution in [1.29, 1.82) is 0 Å². The lowest BCUT2D eigenvalue weighted by molar-refractivity contribution is 0.0158. The van der Waals surface area contributed by atoms with Gasteiger partial charge in [-0.25, -0.2) is 0 Å². The summed E-state index contributed by atoms with van der Waals surface area (Å²) in [6.45, 7) is 0.911. The average molecular weight is 212 g/mol. The Balaban J connectivity index is 2.08. The van der Waals surface area contributed by atoms with E-state index in [0.717, 1.165) is 13.0 Å². The predicted molar refractivity (Wildman–Crippen MR) is 66.5 cm³/mol. The van der Waals surface area contributed by atoms with E-state index in [4.69, 9.17) is 4.74 Å². The van der Waals surface area contributed by atoms with Crippen molar-refractivity contribution in [3.63, 3.8) is 0 Å². The van der Waals surface area contributed by atoms with Gasteiger partial charge >= 0.3 is 0 Å². The number of fused-ring (bicyclic) bond motifs is 1. The third-order valence-electron chi connectivity index (χ3n) is 3.35. The molecule has 3 rings (SSSR count). The molecule has 0 aliphatic carbocycles. The van der Waals surface area contributed by atoms with Crippen LogP contribution >= 0.6 is 0 Å². The first-order chi connectivity index (χ1) is 7.95. The lowest BCUT2D eigenvalue weighted by atomic mass is 9.96. The Labute approximate surface area is 96.0 Å². The number of ether oxygens (including phenoxy) is 1. The summed E-state index contributed by atoms with van der Waals surface area (Å²) in [7, 11) is 0. The summed E-state index contributed by atoms with van der Waals surface area (Å²) in [4.78, 5) is 0. The summed E-state index contributed by atoms with van der Waals surface area (Å²) in [5, 5.41) is 2.66. The van der Waals surface area contributed by atoms with Gasteiger partial charge in [0.15, 0.2) is 0 Å². The number of rotatable bonds is 1. The van der Waals surface area contributed by atoms with Gasteiger partial charge in [-0.15, -0.1) is 0 Å². The molecule has 0 N–H and O–H groups in total. The summed E-state index contributed by atoms with van der Waals surface area (Å²) in [6, 6.07) is 15.1. The van der Waals surface area contributed by atoms with Crippen LogP contribution in [0.25, 0.3) is 10.8 Å². The molecule has 2 aromatic carbocycles. The molecule has 0 amide bonds. The Bertz CT molecular complexity index is 478. The molecular formula is C15H16O. The summed E-state index contributed by atoms with van der Waals surface area (Å²) in [5.41, 5.74) is 1.36. The molecule has 0 aromatic heterocycles. The molecule has 82 valence electrons. The fourth-order valence-corrected chi connectivity index (χ4v) is 2.52. The van der Waals surface area contributed by atoms with Gasteiger partial charge in [-0.2, -0.15) is 0 Å². The molecule has 0 radical (unpaired) electrons. The van der Waals surface area contributed by atoms with Crippen LogP contribution in [0.2, 0.25) is 0 Å². The highest BCUT2D eigenvalue weighted by atomic mass is 16.5. The van der Waals surface area contributed by atoms with E-state index in [-0.39, 0.29) is 0 Å². The Morgan fingerprint density at radius 3 is 2.69 bits per heavy atom. The Kier molecular flexibility index (Phi) is 2.63. The van der Waals surface area contributed by atoms with Crippen molar-refractivity contribution < 1.29 is 4.74 Å². The van der Waals surface area contributed by atoms with Crippen LogP contribution < -0.4 is 0 Å². The molecule has 0 spiro atoms. The van der Waals surface area contributed by atoms with Crippen LogP contribution in [0.15, 0.2) is 42.5 Å². The molecule has 16 heavy (non-hydrogen) atoms. The molecule has 0 bridgehead atoms.